The largest absolute Gasteiger partial charge is 0.420 e. The van der Waals surface area contributed by atoms with Gasteiger partial charge in [-0.2, -0.15) is 0 Å². The maximum Gasteiger partial charge on any atom is 0.344 e. The molecule has 0 atom stereocenters. The summed E-state index contributed by atoms with van der Waals surface area (Å²) in [6.45, 7) is 0. The van der Waals surface area contributed by atoms with Crippen LogP contribution >= 0.6 is 0 Å². The van der Waals surface area contributed by atoms with Crippen LogP contribution in [0.25, 0.3) is 54.8 Å². The number of benzene rings is 4. The standard InChI is InChI=1S/C31H21NO2/c33-31-27-12-5-4-10-23(27)26-19-18-25-24-11-6-7-13-28(24)32(29(25)30(26)34-31)22-16-14-21(15-17-22)20-8-2-1-3-9-20/h1-2,4-8,10-19H,3,9H2. The summed E-state index contributed by atoms with van der Waals surface area (Å²) in [6.07, 6.45) is 8.69. The third-order valence-electron chi connectivity index (χ3n) is 6.93. The minimum absolute atomic E-state index is 0.306. The molecule has 3 nitrogen and oxygen atoms in total. The molecule has 0 N–H and O–H groups in total. The van der Waals surface area contributed by atoms with E-state index < -0.39 is 0 Å². The van der Waals surface area contributed by atoms with Gasteiger partial charge in [-0.3, -0.25) is 0 Å². The van der Waals surface area contributed by atoms with Crippen molar-refractivity contribution >= 4 is 49.1 Å². The smallest absolute Gasteiger partial charge is 0.344 e. The molecule has 4 aromatic carbocycles. The van der Waals surface area contributed by atoms with Gasteiger partial charge in [-0.05, 0) is 59.7 Å². The Kier molecular flexibility index (Phi) is 4.12. The van der Waals surface area contributed by atoms with E-state index in [4.69, 9.17) is 4.42 Å². The molecule has 0 bridgehead atoms. The number of hydrogen-bond donors (Lipinski definition) is 0. The van der Waals surface area contributed by atoms with Crippen molar-refractivity contribution in [3.8, 4) is 5.69 Å². The topological polar surface area (TPSA) is 35.1 Å². The molecule has 0 saturated heterocycles. The van der Waals surface area contributed by atoms with E-state index >= 15 is 0 Å². The van der Waals surface area contributed by atoms with Crippen LogP contribution in [0.5, 0.6) is 0 Å². The van der Waals surface area contributed by atoms with Gasteiger partial charge in [-0.25, -0.2) is 4.79 Å². The van der Waals surface area contributed by atoms with Crippen LogP contribution < -0.4 is 5.63 Å². The van der Waals surface area contributed by atoms with Crippen LogP contribution in [-0.2, 0) is 0 Å². The first kappa shape index (κ1) is 19.1. The van der Waals surface area contributed by atoms with Crippen LogP contribution in [0.3, 0.4) is 0 Å². The average molecular weight is 440 g/mol. The van der Waals surface area contributed by atoms with E-state index in [1.165, 1.54) is 11.1 Å². The quantitative estimate of drug-likeness (QED) is 0.204. The van der Waals surface area contributed by atoms with Crippen molar-refractivity contribution < 1.29 is 4.42 Å². The SMILES string of the molecule is O=c1oc2c(ccc3c4ccccc4n(-c4ccc(C5=CC=CCC5)cc4)c32)c2ccccc12. The Hall–Kier alpha value is -4.37. The molecule has 0 spiro atoms. The van der Waals surface area contributed by atoms with E-state index in [2.05, 4.69) is 83.5 Å². The number of fused-ring (bicyclic) bond motifs is 7. The average Bonchev–Trinajstić information content (AvgIpc) is 3.24. The lowest BCUT2D eigenvalue weighted by atomic mass is 9.97. The van der Waals surface area contributed by atoms with Gasteiger partial charge in [-0.15, -0.1) is 0 Å². The number of rotatable bonds is 2. The second kappa shape index (κ2) is 7.32. The molecule has 1 aliphatic rings. The highest BCUT2D eigenvalue weighted by molar-refractivity contribution is 6.20. The molecular weight excluding hydrogens is 418 g/mol. The summed E-state index contributed by atoms with van der Waals surface area (Å²) < 4.78 is 8.23. The Morgan fingerprint density at radius 2 is 1.44 bits per heavy atom. The molecule has 34 heavy (non-hydrogen) atoms. The van der Waals surface area contributed by atoms with Crippen molar-refractivity contribution in [1.29, 1.82) is 0 Å². The Morgan fingerprint density at radius 1 is 0.706 bits per heavy atom. The highest BCUT2D eigenvalue weighted by atomic mass is 16.4. The minimum atomic E-state index is -0.306. The summed E-state index contributed by atoms with van der Waals surface area (Å²) in [7, 11) is 0. The molecule has 2 aromatic heterocycles. The summed E-state index contributed by atoms with van der Waals surface area (Å²) in [5.41, 5.74) is 5.99. The highest BCUT2D eigenvalue weighted by Crippen LogP contribution is 2.38. The molecule has 6 aromatic rings. The van der Waals surface area contributed by atoms with Gasteiger partial charge in [-0.1, -0.05) is 72.8 Å². The Morgan fingerprint density at radius 3 is 2.24 bits per heavy atom. The lowest BCUT2D eigenvalue weighted by molar-refractivity contribution is 0.572. The predicted molar refractivity (Wildman–Crippen MR) is 141 cm³/mol. The van der Waals surface area contributed by atoms with Crippen molar-refractivity contribution in [2.75, 3.05) is 0 Å². The molecule has 0 fully saturated rings. The van der Waals surface area contributed by atoms with Crippen LogP contribution in [0.4, 0.5) is 0 Å². The van der Waals surface area contributed by atoms with Gasteiger partial charge in [0, 0.05) is 21.8 Å². The van der Waals surface area contributed by atoms with Gasteiger partial charge in [0.1, 0.15) is 0 Å². The number of allylic oxidation sites excluding steroid dienone is 4. The van der Waals surface area contributed by atoms with Crippen LogP contribution in [0.2, 0.25) is 0 Å². The Balaban J connectivity index is 1.58. The minimum Gasteiger partial charge on any atom is -0.420 e. The van der Waals surface area contributed by atoms with E-state index in [1.807, 2.05) is 24.3 Å². The van der Waals surface area contributed by atoms with E-state index in [-0.39, 0.29) is 5.63 Å². The monoisotopic (exact) mass is 439 g/mol. The maximum atomic E-state index is 12.9. The second-order valence-electron chi connectivity index (χ2n) is 8.83. The maximum absolute atomic E-state index is 12.9. The van der Waals surface area contributed by atoms with Crippen LogP contribution in [0, 0.1) is 0 Å². The lowest BCUT2D eigenvalue weighted by Crippen LogP contribution is -2.01. The van der Waals surface area contributed by atoms with E-state index in [9.17, 15) is 4.79 Å². The van der Waals surface area contributed by atoms with E-state index in [0.29, 0.717) is 11.0 Å². The fourth-order valence-electron chi connectivity index (χ4n) is 5.32. The summed E-state index contributed by atoms with van der Waals surface area (Å²) in [6, 6.07) is 29.0. The van der Waals surface area contributed by atoms with Crippen LogP contribution in [0.1, 0.15) is 18.4 Å². The van der Waals surface area contributed by atoms with Crippen molar-refractivity contribution in [3.63, 3.8) is 0 Å². The third kappa shape index (κ3) is 2.74. The van der Waals surface area contributed by atoms with E-state index in [1.54, 1.807) is 0 Å². The zero-order chi connectivity index (χ0) is 22.6. The van der Waals surface area contributed by atoms with Crippen molar-refractivity contribution in [2.24, 2.45) is 0 Å². The molecule has 1 aliphatic carbocycles. The molecule has 0 aliphatic heterocycles. The van der Waals surface area contributed by atoms with Gasteiger partial charge < -0.3 is 8.98 Å². The zero-order valence-electron chi connectivity index (χ0n) is 18.5. The fourth-order valence-corrected chi connectivity index (χ4v) is 5.32. The van der Waals surface area contributed by atoms with Gasteiger partial charge in [0.15, 0.2) is 5.58 Å². The normalized spacial score (nSPS) is 13.8. The Labute approximate surface area is 195 Å². The highest BCUT2D eigenvalue weighted by Gasteiger charge is 2.18. The van der Waals surface area contributed by atoms with Crippen molar-refractivity contribution in [3.05, 3.63) is 119 Å². The lowest BCUT2D eigenvalue weighted by Gasteiger charge is -2.13. The molecule has 0 radical (unpaired) electrons. The van der Waals surface area contributed by atoms with Gasteiger partial charge in [0.05, 0.1) is 16.4 Å². The molecule has 0 saturated carbocycles. The van der Waals surface area contributed by atoms with Crippen molar-refractivity contribution in [1.82, 2.24) is 4.57 Å². The predicted octanol–water partition coefficient (Wildman–Crippen LogP) is 7.78. The number of nitrogens with zero attached hydrogens (tertiary/aromatic N) is 1. The van der Waals surface area contributed by atoms with E-state index in [0.717, 1.165) is 51.1 Å². The van der Waals surface area contributed by atoms with Gasteiger partial charge >= 0.3 is 5.63 Å². The third-order valence-corrected chi connectivity index (χ3v) is 6.93. The molecule has 2 heterocycles. The number of para-hydroxylation sites is 1. The summed E-state index contributed by atoms with van der Waals surface area (Å²) in [4.78, 5) is 12.9. The summed E-state index contributed by atoms with van der Waals surface area (Å²) in [5, 5.41) is 4.68. The van der Waals surface area contributed by atoms with Crippen LogP contribution in [-0.4, -0.2) is 4.57 Å². The number of aromatic nitrogens is 1. The first-order valence-corrected chi connectivity index (χ1v) is 11.6. The molecule has 162 valence electrons. The fraction of sp³-hybridized carbons (Fsp3) is 0.0645. The first-order valence-electron chi connectivity index (χ1n) is 11.6. The second-order valence-corrected chi connectivity index (χ2v) is 8.83. The first-order chi connectivity index (χ1) is 16.8. The molecule has 0 unspecified atom stereocenters. The molecule has 0 amide bonds. The number of hydrogen-bond acceptors (Lipinski definition) is 2. The zero-order valence-corrected chi connectivity index (χ0v) is 18.5. The van der Waals surface area contributed by atoms with Crippen LogP contribution in [0.15, 0.2) is 112 Å². The van der Waals surface area contributed by atoms with Crippen molar-refractivity contribution in [2.45, 2.75) is 12.8 Å². The summed E-state index contributed by atoms with van der Waals surface area (Å²) in [5.74, 6) is 0. The Bertz CT molecular complexity index is 1860. The van der Waals surface area contributed by atoms with Gasteiger partial charge in [0.25, 0.3) is 0 Å². The van der Waals surface area contributed by atoms with Gasteiger partial charge in [0.2, 0.25) is 0 Å². The summed E-state index contributed by atoms with van der Waals surface area (Å²) >= 11 is 0. The molecule has 3 heteroatoms. The molecular formula is C31H21NO2. The molecule has 7 rings (SSSR count).